The number of fused-ring (bicyclic) bond motifs is 1. The first kappa shape index (κ1) is 8.49. The topological polar surface area (TPSA) is 17.1 Å². The second-order valence-electron chi connectivity index (χ2n) is 3.90. The van der Waals surface area contributed by atoms with Crippen LogP contribution in [0.25, 0.3) is 0 Å². The van der Waals surface area contributed by atoms with Gasteiger partial charge in [-0.15, -0.1) is 0 Å². The molecule has 0 fully saturated rings. The number of carbonyl (C=O) groups excluding carboxylic acids is 1. The SMILES string of the molecule is Cc1cccc2c1C(C)CCC2=O. The maximum absolute atomic E-state index is 11.6. The minimum absolute atomic E-state index is 0.316. The van der Waals surface area contributed by atoms with Crippen molar-refractivity contribution < 1.29 is 4.79 Å². The van der Waals surface area contributed by atoms with Gasteiger partial charge in [0.2, 0.25) is 0 Å². The molecule has 1 atom stereocenters. The third-order valence-electron chi connectivity index (χ3n) is 2.92. The Kier molecular flexibility index (Phi) is 1.95. The van der Waals surface area contributed by atoms with Crippen LogP contribution in [-0.4, -0.2) is 5.78 Å². The second kappa shape index (κ2) is 2.99. The highest BCUT2D eigenvalue weighted by Gasteiger charge is 2.23. The first-order valence-electron chi connectivity index (χ1n) is 4.83. The lowest BCUT2D eigenvalue weighted by molar-refractivity contribution is 0.0968. The number of carbonyl (C=O) groups is 1. The number of Topliss-reactive ketones (excluding diaryl/α,β-unsaturated/α-hetero) is 1. The van der Waals surface area contributed by atoms with Crippen LogP contribution in [0.5, 0.6) is 0 Å². The maximum Gasteiger partial charge on any atom is 0.163 e. The molecule has 13 heavy (non-hydrogen) atoms. The van der Waals surface area contributed by atoms with E-state index in [0.717, 1.165) is 18.4 Å². The normalized spacial score (nSPS) is 21.4. The number of hydrogen-bond donors (Lipinski definition) is 0. The van der Waals surface area contributed by atoms with E-state index in [9.17, 15) is 4.79 Å². The summed E-state index contributed by atoms with van der Waals surface area (Å²) in [5.41, 5.74) is 3.50. The molecule has 1 aliphatic carbocycles. The van der Waals surface area contributed by atoms with E-state index in [2.05, 4.69) is 19.9 Å². The fraction of sp³-hybridized carbons (Fsp3) is 0.417. The van der Waals surface area contributed by atoms with Gasteiger partial charge in [0.15, 0.2) is 5.78 Å². The lowest BCUT2D eigenvalue weighted by atomic mass is 9.81. The van der Waals surface area contributed by atoms with Crippen molar-refractivity contribution in [3.8, 4) is 0 Å². The summed E-state index contributed by atoms with van der Waals surface area (Å²) in [4.78, 5) is 11.6. The molecule has 0 N–H and O–H groups in total. The predicted molar refractivity (Wildman–Crippen MR) is 53.2 cm³/mol. The average molecular weight is 174 g/mol. The molecule has 0 heterocycles. The summed E-state index contributed by atoms with van der Waals surface area (Å²) in [6, 6.07) is 6.03. The molecule has 1 aromatic carbocycles. The van der Waals surface area contributed by atoms with Crippen LogP contribution in [0.2, 0.25) is 0 Å². The number of hydrogen-bond acceptors (Lipinski definition) is 1. The van der Waals surface area contributed by atoms with Crippen molar-refractivity contribution >= 4 is 5.78 Å². The van der Waals surface area contributed by atoms with Crippen LogP contribution in [0.4, 0.5) is 0 Å². The van der Waals surface area contributed by atoms with Crippen molar-refractivity contribution in [1.82, 2.24) is 0 Å². The fourth-order valence-corrected chi connectivity index (χ4v) is 2.20. The average Bonchev–Trinajstić information content (AvgIpc) is 2.12. The maximum atomic E-state index is 11.6. The van der Waals surface area contributed by atoms with Gasteiger partial charge in [-0.2, -0.15) is 0 Å². The van der Waals surface area contributed by atoms with Crippen molar-refractivity contribution in [3.63, 3.8) is 0 Å². The number of rotatable bonds is 0. The summed E-state index contributed by atoms with van der Waals surface area (Å²) in [5.74, 6) is 0.866. The lowest BCUT2D eigenvalue weighted by Gasteiger charge is -2.23. The molecule has 0 spiro atoms. The van der Waals surface area contributed by atoms with E-state index in [0.29, 0.717) is 11.7 Å². The van der Waals surface area contributed by atoms with Gasteiger partial charge in [-0.1, -0.05) is 25.1 Å². The summed E-state index contributed by atoms with van der Waals surface area (Å²) < 4.78 is 0. The van der Waals surface area contributed by atoms with E-state index in [1.807, 2.05) is 12.1 Å². The minimum atomic E-state index is 0.316. The fourth-order valence-electron chi connectivity index (χ4n) is 2.20. The quantitative estimate of drug-likeness (QED) is 0.590. The molecular weight excluding hydrogens is 160 g/mol. The monoisotopic (exact) mass is 174 g/mol. The van der Waals surface area contributed by atoms with Gasteiger partial charge >= 0.3 is 0 Å². The van der Waals surface area contributed by atoms with Crippen LogP contribution in [0, 0.1) is 6.92 Å². The Morgan fingerprint density at radius 3 is 2.85 bits per heavy atom. The van der Waals surface area contributed by atoms with Gasteiger partial charge in [-0.25, -0.2) is 0 Å². The van der Waals surface area contributed by atoms with Crippen molar-refractivity contribution in [2.75, 3.05) is 0 Å². The molecule has 2 rings (SSSR count). The van der Waals surface area contributed by atoms with Gasteiger partial charge in [-0.05, 0) is 30.4 Å². The summed E-state index contributed by atoms with van der Waals surface area (Å²) in [5, 5.41) is 0. The van der Waals surface area contributed by atoms with Gasteiger partial charge in [0.1, 0.15) is 0 Å². The first-order valence-corrected chi connectivity index (χ1v) is 4.83. The zero-order valence-corrected chi connectivity index (χ0v) is 8.13. The molecule has 0 aromatic heterocycles. The Labute approximate surface area is 78.8 Å². The Morgan fingerprint density at radius 2 is 2.15 bits per heavy atom. The zero-order valence-electron chi connectivity index (χ0n) is 8.13. The summed E-state index contributed by atoms with van der Waals surface area (Å²) in [6.45, 7) is 4.30. The molecule has 1 nitrogen and oxygen atoms in total. The van der Waals surface area contributed by atoms with E-state index in [1.54, 1.807) is 0 Å². The Morgan fingerprint density at radius 1 is 1.38 bits per heavy atom. The van der Waals surface area contributed by atoms with E-state index in [-0.39, 0.29) is 0 Å². The molecule has 0 bridgehead atoms. The predicted octanol–water partition coefficient (Wildman–Crippen LogP) is 3.08. The lowest BCUT2D eigenvalue weighted by Crippen LogP contribution is -2.14. The standard InChI is InChI=1S/C12H14O/c1-8-4-3-5-10-11(13)7-6-9(2)12(8)10/h3-5,9H,6-7H2,1-2H3. The summed E-state index contributed by atoms with van der Waals surface area (Å²) >= 11 is 0. The van der Waals surface area contributed by atoms with Crippen molar-refractivity contribution in [2.24, 2.45) is 0 Å². The Bertz CT molecular complexity index is 352. The van der Waals surface area contributed by atoms with Crippen molar-refractivity contribution in [2.45, 2.75) is 32.6 Å². The molecule has 0 aliphatic heterocycles. The van der Waals surface area contributed by atoms with E-state index < -0.39 is 0 Å². The van der Waals surface area contributed by atoms with Crippen LogP contribution < -0.4 is 0 Å². The van der Waals surface area contributed by atoms with Gasteiger partial charge in [0.05, 0.1) is 0 Å². The van der Waals surface area contributed by atoms with Gasteiger partial charge in [-0.3, -0.25) is 4.79 Å². The van der Waals surface area contributed by atoms with Crippen LogP contribution in [0.15, 0.2) is 18.2 Å². The van der Waals surface area contributed by atoms with Crippen LogP contribution in [0.1, 0.15) is 47.2 Å². The molecule has 68 valence electrons. The second-order valence-corrected chi connectivity index (χ2v) is 3.90. The Hall–Kier alpha value is -1.11. The molecule has 0 saturated carbocycles. The zero-order chi connectivity index (χ0) is 9.42. The van der Waals surface area contributed by atoms with Crippen LogP contribution in [-0.2, 0) is 0 Å². The molecule has 1 heteroatoms. The summed E-state index contributed by atoms with van der Waals surface area (Å²) in [6.07, 6.45) is 1.73. The van der Waals surface area contributed by atoms with E-state index >= 15 is 0 Å². The van der Waals surface area contributed by atoms with Crippen molar-refractivity contribution in [3.05, 3.63) is 34.9 Å². The number of aryl methyl sites for hydroxylation is 1. The first-order chi connectivity index (χ1) is 6.20. The molecule has 0 amide bonds. The highest BCUT2D eigenvalue weighted by atomic mass is 16.1. The molecule has 0 radical (unpaired) electrons. The van der Waals surface area contributed by atoms with Gasteiger partial charge < -0.3 is 0 Å². The van der Waals surface area contributed by atoms with Gasteiger partial charge in [0, 0.05) is 12.0 Å². The minimum Gasteiger partial charge on any atom is -0.294 e. The molecule has 1 unspecified atom stereocenters. The van der Waals surface area contributed by atoms with E-state index in [1.165, 1.54) is 11.1 Å². The van der Waals surface area contributed by atoms with Crippen LogP contribution in [0.3, 0.4) is 0 Å². The Balaban J connectivity index is 2.63. The highest BCUT2D eigenvalue weighted by Crippen LogP contribution is 2.33. The van der Waals surface area contributed by atoms with Crippen LogP contribution >= 0.6 is 0 Å². The van der Waals surface area contributed by atoms with Gasteiger partial charge in [0.25, 0.3) is 0 Å². The molecule has 0 saturated heterocycles. The largest absolute Gasteiger partial charge is 0.294 e. The molecular formula is C12H14O. The smallest absolute Gasteiger partial charge is 0.163 e. The number of benzene rings is 1. The van der Waals surface area contributed by atoms with Crippen molar-refractivity contribution in [1.29, 1.82) is 0 Å². The number of ketones is 1. The molecule has 1 aromatic rings. The molecule has 1 aliphatic rings. The van der Waals surface area contributed by atoms with E-state index in [4.69, 9.17) is 0 Å². The summed E-state index contributed by atoms with van der Waals surface area (Å²) in [7, 11) is 0. The third kappa shape index (κ3) is 1.28. The highest BCUT2D eigenvalue weighted by molar-refractivity contribution is 5.99. The third-order valence-corrected chi connectivity index (χ3v) is 2.92.